The molecule has 1 aromatic rings. The van der Waals surface area contributed by atoms with Crippen molar-refractivity contribution in [2.45, 2.75) is 13.8 Å². The molecule has 21 heavy (non-hydrogen) atoms. The van der Waals surface area contributed by atoms with E-state index in [0.29, 0.717) is 38.6 Å². The Morgan fingerprint density at radius 2 is 1.90 bits per heavy atom. The van der Waals surface area contributed by atoms with E-state index in [1.165, 1.54) is 4.31 Å². The number of nitrogen functional groups attached to an aromatic ring is 1. The van der Waals surface area contributed by atoms with Gasteiger partial charge in [0.05, 0.1) is 0 Å². The molecule has 1 heterocycles. The number of nitrogens with zero attached hydrogens (tertiary/aromatic N) is 2. The van der Waals surface area contributed by atoms with E-state index in [1.54, 1.807) is 0 Å². The first-order valence-electron chi connectivity index (χ1n) is 7.24. The van der Waals surface area contributed by atoms with Gasteiger partial charge < -0.3 is 10.6 Å². The molecule has 0 atom stereocenters. The Kier molecular flexibility index (Phi) is 5.08. The zero-order valence-electron chi connectivity index (χ0n) is 12.6. The number of rotatable bonds is 5. The van der Waals surface area contributed by atoms with Gasteiger partial charge in [0.1, 0.15) is 0 Å². The van der Waals surface area contributed by atoms with Gasteiger partial charge in [0.25, 0.3) is 10.2 Å². The van der Waals surface area contributed by atoms with Crippen LogP contribution in [0.15, 0.2) is 24.3 Å². The minimum Gasteiger partial charge on any atom is -0.399 e. The van der Waals surface area contributed by atoms with Gasteiger partial charge in [0, 0.05) is 44.1 Å². The topological polar surface area (TPSA) is 78.7 Å². The third-order valence-electron chi connectivity index (χ3n) is 3.49. The molecule has 6 nitrogen and oxygen atoms in total. The normalized spacial score (nSPS) is 17.4. The molecule has 1 aliphatic heterocycles. The number of piperazine rings is 1. The summed E-state index contributed by atoms with van der Waals surface area (Å²) in [5, 5.41) is 0. The second-order valence-corrected chi connectivity index (χ2v) is 7.48. The molecule has 118 valence electrons. The highest BCUT2D eigenvalue weighted by molar-refractivity contribution is 7.87. The standard InChI is InChI=1S/C14H24N4O2S/c1-12(2)11-16-21(19,20)18-8-6-17(7-9-18)14-5-3-4-13(15)10-14/h3-5,10,12,16H,6-9,11,15H2,1-2H3. The van der Waals surface area contributed by atoms with E-state index < -0.39 is 10.2 Å². The van der Waals surface area contributed by atoms with E-state index in [2.05, 4.69) is 9.62 Å². The first kappa shape index (κ1) is 16.1. The second kappa shape index (κ2) is 6.64. The van der Waals surface area contributed by atoms with E-state index in [4.69, 9.17) is 5.73 Å². The average molecular weight is 312 g/mol. The quantitative estimate of drug-likeness (QED) is 0.791. The van der Waals surface area contributed by atoms with Crippen molar-refractivity contribution in [1.29, 1.82) is 0 Å². The monoisotopic (exact) mass is 312 g/mol. The van der Waals surface area contributed by atoms with Crippen molar-refractivity contribution in [3.05, 3.63) is 24.3 Å². The molecule has 1 fully saturated rings. The molecule has 0 saturated carbocycles. The molecular weight excluding hydrogens is 288 g/mol. The van der Waals surface area contributed by atoms with Gasteiger partial charge in [0.2, 0.25) is 0 Å². The minimum absolute atomic E-state index is 0.299. The van der Waals surface area contributed by atoms with Gasteiger partial charge in [-0.1, -0.05) is 19.9 Å². The van der Waals surface area contributed by atoms with E-state index >= 15 is 0 Å². The Morgan fingerprint density at radius 1 is 1.24 bits per heavy atom. The van der Waals surface area contributed by atoms with Gasteiger partial charge >= 0.3 is 0 Å². The Morgan fingerprint density at radius 3 is 2.48 bits per heavy atom. The van der Waals surface area contributed by atoms with Crippen molar-refractivity contribution >= 4 is 21.6 Å². The largest absolute Gasteiger partial charge is 0.399 e. The summed E-state index contributed by atoms with van der Waals surface area (Å²) in [4.78, 5) is 2.16. The van der Waals surface area contributed by atoms with Crippen LogP contribution < -0.4 is 15.4 Å². The molecule has 0 spiro atoms. The molecule has 2 rings (SSSR count). The van der Waals surface area contributed by atoms with E-state index in [-0.39, 0.29) is 0 Å². The fourth-order valence-corrected chi connectivity index (χ4v) is 3.64. The summed E-state index contributed by atoms with van der Waals surface area (Å²) in [7, 11) is -3.36. The van der Waals surface area contributed by atoms with Crippen molar-refractivity contribution in [2.24, 2.45) is 5.92 Å². The van der Waals surface area contributed by atoms with Gasteiger partial charge in [-0.05, 0) is 24.1 Å². The molecule has 0 amide bonds. The Labute approximate surface area is 127 Å². The first-order valence-corrected chi connectivity index (χ1v) is 8.68. The smallest absolute Gasteiger partial charge is 0.279 e. The van der Waals surface area contributed by atoms with Gasteiger partial charge in [-0.25, -0.2) is 4.72 Å². The van der Waals surface area contributed by atoms with Crippen LogP contribution in [0.5, 0.6) is 0 Å². The summed E-state index contributed by atoms with van der Waals surface area (Å²) in [5.41, 5.74) is 7.55. The number of hydrogen-bond donors (Lipinski definition) is 2. The van der Waals surface area contributed by atoms with Gasteiger partial charge in [-0.2, -0.15) is 12.7 Å². The maximum Gasteiger partial charge on any atom is 0.279 e. The lowest BCUT2D eigenvalue weighted by Gasteiger charge is -2.35. The van der Waals surface area contributed by atoms with Gasteiger partial charge in [0.15, 0.2) is 0 Å². The Balaban J connectivity index is 1.94. The lowest BCUT2D eigenvalue weighted by atomic mass is 10.2. The van der Waals surface area contributed by atoms with Crippen LogP contribution in [0.2, 0.25) is 0 Å². The van der Waals surface area contributed by atoms with Gasteiger partial charge in [-0.15, -0.1) is 0 Å². The summed E-state index contributed by atoms with van der Waals surface area (Å²) in [6.45, 7) is 6.76. The average Bonchev–Trinajstić information content (AvgIpc) is 2.45. The van der Waals surface area contributed by atoms with E-state index in [9.17, 15) is 8.42 Å². The number of nitrogens with two attached hydrogens (primary N) is 1. The van der Waals surface area contributed by atoms with Crippen LogP contribution >= 0.6 is 0 Å². The zero-order chi connectivity index (χ0) is 15.5. The third-order valence-corrected chi connectivity index (χ3v) is 5.06. The fraction of sp³-hybridized carbons (Fsp3) is 0.571. The van der Waals surface area contributed by atoms with Crippen molar-refractivity contribution in [3.63, 3.8) is 0 Å². The zero-order valence-corrected chi connectivity index (χ0v) is 13.4. The molecule has 0 aromatic heterocycles. The maximum atomic E-state index is 12.2. The Hall–Kier alpha value is -1.31. The molecular formula is C14H24N4O2S. The number of hydrogen-bond acceptors (Lipinski definition) is 4. The van der Waals surface area contributed by atoms with E-state index in [0.717, 1.165) is 11.4 Å². The Bertz CT molecular complexity index is 566. The summed E-state index contributed by atoms with van der Waals surface area (Å²) >= 11 is 0. The lowest BCUT2D eigenvalue weighted by Crippen LogP contribution is -2.52. The highest BCUT2D eigenvalue weighted by atomic mass is 32.2. The minimum atomic E-state index is -3.36. The van der Waals surface area contributed by atoms with Crippen LogP contribution in [0.4, 0.5) is 11.4 Å². The molecule has 1 aliphatic rings. The maximum absolute atomic E-state index is 12.2. The molecule has 0 aliphatic carbocycles. The van der Waals surface area contributed by atoms with Crippen LogP contribution in [-0.4, -0.2) is 45.4 Å². The molecule has 0 unspecified atom stereocenters. The first-order chi connectivity index (χ1) is 9.88. The van der Waals surface area contributed by atoms with Crippen molar-refractivity contribution in [1.82, 2.24) is 9.03 Å². The van der Waals surface area contributed by atoms with Crippen LogP contribution in [0, 0.1) is 5.92 Å². The van der Waals surface area contributed by atoms with E-state index in [1.807, 2.05) is 38.1 Å². The van der Waals surface area contributed by atoms with Crippen LogP contribution in [-0.2, 0) is 10.2 Å². The summed E-state index contributed by atoms with van der Waals surface area (Å²) in [5.74, 6) is 0.299. The molecule has 1 saturated heterocycles. The molecule has 0 radical (unpaired) electrons. The SMILES string of the molecule is CC(C)CNS(=O)(=O)N1CCN(c2cccc(N)c2)CC1. The second-order valence-electron chi connectivity index (χ2n) is 5.73. The third kappa shape index (κ3) is 4.33. The predicted molar refractivity (Wildman–Crippen MR) is 86.4 cm³/mol. The number of benzene rings is 1. The predicted octanol–water partition coefficient (Wildman–Crippen LogP) is 0.881. The number of nitrogens with one attached hydrogen (secondary N) is 1. The molecule has 0 bridgehead atoms. The van der Waals surface area contributed by atoms with Crippen molar-refractivity contribution in [3.8, 4) is 0 Å². The lowest BCUT2D eigenvalue weighted by molar-refractivity contribution is 0.376. The fourth-order valence-electron chi connectivity index (χ4n) is 2.27. The summed E-state index contributed by atoms with van der Waals surface area (Å²) < 4.78 is 28.5. The summed E-state index contributed by atoms with van der Waals surface area (Å²) in [6.07, 6.45) is 0. The van der Waals surface area contributed by atoms with Crippen LogP contribution in [0.25, 0.3) is 0 Å². The molecule has 1 aromatic carbocycles. The van der Waals surface area contributed by atoms with Crippen molar-refractivity contribution in [2.75, 3.05) is 43.4 Å². The van der Waals surface area contributed by atoms with Crippen LogP contribution in [0.1, 0.15) is 13.8 Å². The number of anilines is 2. The molecule has 7 heteroatoms. The highest BCUT2D eigenvalue weighted by Gasteiger charge is 2.26. The van der Waals surface area contributed by atoms with Gasteiger partial charge in [-0.3, -0.25) is 0 Å². The highest BCUT2D eigenvalue weighted by Crippen LogP contribution is 2.19. The summed E-state index contributed by atoms with van der Waals surface area (Å²) in [6, 6.07) is 7.68. The molecule has 3 N–H and O–H groups in total. The van der Waals surface area contributed by atoms with Crippen LogP contribution in [0.3, 0.4) is 0 Å². The van der Waals surface area contributed by atoms with Crippen molar-refractivity contribution < 1.29 is 8.42 Å².